The Bertz CT molecular complexity index is 505. The Balaban J connectivity index is 1.65. The quantitative estimate of drug-likeness (QED) is 0.412. The molecule has 6 heteroatoms. The van der Waals surface area contributed by atoms with Crippen molar-refractivity contribution in [2.24, 2.45) is 4.99 Å². The number of aliphatic imine (C=N–C) groups is 1. The van der Waals surface area contributed by atoms with Crippen LogP contribution in [0.3, 0.4) is 0 Å². The normalized spacial score (nSPS) is 17.9. The molecule has 0 saturated carbocycles. The maximum atomic E-state index is 13.6. The molecule has 1 fully saturated rings. The molecular weight excluding hydrogens is 309 g/mol. The second-order valence-electron chi connectivity index (χ2n) is 5.74. The van der Waals surface area contributed by atoms with Crippen molar-refractivity contribution in [3.63, 3.8) is 0 Å². The summed E-state index contributed by atoms with van der Waals surface area (Å²) in [6.45, 7) is 6.08. The van der Waals surface area contributed by atoms with Crippen LogP contribution in [-0.4, -0.2) is 51.5 Å². The number of rotatable bonds is 9. The molecule has 0 bridgehead atoms. The van der Waals surface area contributed by atoms with Crippen LogP contribution in [0.15, 0.2) is 29.3 Å². The van der Waals surface area contributed by atoms with Gasteiger partial charge in [-0.2, -0.15) is 0 Å². The second kappa shape index (κ2) is 11.0. The first-order chi connectivity index (χ1) is 11.8. The summed E-state index contributed by atoms with van der Waals surface area (Å²) >= 11 is 0. The van der Waals surface area contributed by atoms with Crippen molar-refractivity contribution in [3.8, 4) is 0 Å². The van der Waals surface area contributed by atoms with Crippen molar-refractivity contribution in [1.29, 1.82) is 0 Å². The first-order valence-electron chi connectivity index (χ1n) is 8.74. The molecule has 0 amide bonds. The zero-order chi connectivity index (χ0) is 17.0. The summed E-state index contributed by atoms with van der Waals surface area (Å²) in [7, 11) is 0. The van der Waals surface area contributed by atoms with Gasteiger partial charge in [0.2, 0.25) is 0 Å². The fourth-order valence-electron chi connectivity index (χ4n) is 2.57. The van der Waals surface area contributed by atoms with E-state index < -0.39 is 0 Å². The van der Waals surface area contributed by atoms with Crippen molar-refractivity contribution in [1.82, 2.24) is 10.6 Å². The van der Waals surface area contributed by atoms with Gasteiger partial charge in [0, 0.05) is 19.7 Å². The second-order valence-corrected chi connectivity index (χ2v) is 5.74. The molecule has 134 valence electrons. The van der Waals surface area contributed by atoms with E-state index in [1.165, 1.54) is 6.07 Å². The minimum absolute atomic E-state index is 0.163. The molecule has 1 saturated heterocycles. The van der Waals surface area contributed by atoms with Gasteiger partial charge in [0.1, 0.15) is 5.82 Å². The number of halogens is 1. The summed E-state index contributed by atoms with van der Waals surface area (Å²) in [5, 5.41) is 6.40. The molecule has 2 N–H and O–H groups in total. The van der Waals surface area contributed by atoms with E-state index in [9.17, 15) is 4.39 Å². The minimum atomic E-state index is -0.163. The molecular formula is C18H28FN3O2. The van der Waals surface area contributed by atoms with E-state index in [1.54, 1.807) is 12.1 Å². The van der Waals surface area contributed by atoms with Crippen LogP contribution >= 0.6 is 0 Å². The Morgan fingerprint density at radius 2 is 2.25 bits per heavy atom. The third-order valence-electron chi connectivity index (χ3n) is 3.82. The first-order valence-corrected chi connectivity index (χ1v) is 8.74. The van der Waals surface area contributed by atoms with Crippen molar-refractivity contribution < 1.29 is 13.9 Å². The van der Waals surface area contributed by atoms with Gasteiger partial charge in [-0.25, -0.2) is 4.39 Å². The van der Waals surface area contributed by atoms with Gasteiger partial charge < -0.3 is 20.1 Å². The lowest BCUT2D eigenvalue weighted by atomic mass is 10.1. The molecule has 1 heterocycles. The fourth-order valence-corrected chi connectivity index (χ4v) is 2.57. The molecule has 1 atom stereocenters. The zero-order valence-corrected chi connectivity index (χ0v) is 14.4. The predicted molar refractivity (Wildman–Crippen MR) is 93.9 cm³/mol. The van der Waals surface area contributed by atoms with E-state index in [4.69, 9.17) is 9.47 Å². The Labute approximate surface area is 143 Å². The molecule has 2 rings (SSSR count). The Morgan fingerprint density at radius 3 is 3.00 bits per heavy atom. The van der Waals surface area contributed by atoms with E-state index in [2.05, 4.69) is 15.6 Å². The predicted octanol–water partition coefficient (Wildman–Crippen LogP) is 2.12. The summed E-state index contributed by atoms with van der Waals surface area (Å²) < 4.78 is 24.7. The third kappa shape index (κ3) is 6.84. The molecule has 0 radical (unpaired) electrons. The van der Waals surface area contributed by atoms with Crippen molar-refractivity contribution in [2.45, 2.75) is 32.3 Å². The maximum absolute atomic E-state index is 13.6. The lowest BCUT2D eigenvalue weighted by Crippen LogP contribution is -2.38. The first kappa shape index (κ1) is 18.7. The molecule has 24 heavy (non-hydrogen) atoms. The van der Waals surface area contributed by atoms with Crippen LogP contribution < -0.4 is 10.6 Å². The molecule has 0 spiro atoms. The van der Waals surface area contributed by atoms with E-state index in [0.29, 0.717) is 38.3 Å². The largest absolute Gasteiger partial charge is 0.377 e. The Kier molecular flexibility index (Phi) is 8.55. The highest BCUT2D eigenvalue weighted by Crippen LogP contribution is 2.11. The van der Waals surface area contributed by atoms with Crippen molar-refractivity contribution >= 4 is 5.96 Å². The number of hydrogen-bond acceptors (Lipinski definition) is 3. The lowest BCUT2D eigenvalue weighted by molar-refractivity contribution is 0.0200. The van der Waals surface area contributed by atoms with Gasteiger partial charge in [0.25, 0.3) is 0 Å². The average molecular weight is 337 g/mol. The highest BCUT2D eigenvalue weighted by Gasteiger charge is 2.14. The van der Waals surface area contributed by atoms with Crippen LogP contribution in [0.2, 0.25) is 0 Å². The van der Waals surface area contributed by atoms with Crippen molar-refractivity contribution in [3.05, 3.63) is 35.6 Å². The van der Waals surface area contributed by atoms with Gasteiger partial charge in [0.05, 0.1) is 25.9 Å². The Morgan fingerprint density at radius 1 is 1.38 bits per heavy atom. The van der Waals surface area contributed by atoms with E-state index in [1.807, 2.05) is 13.0 Å². The molecule has 1 aromatic carbocycles. The topological polar surface area (TPSA) is 54.9 Å². The molecule has 0 aliphatic carbocycles. The molecule has 0 aromatic heterocycles. The number of benzene rings is 1. The third-order valence-corrected chi connectivity index (χ3v) is 3.82. The summed E-state index contributed by atoms with van der Waals surface area (Å²) in [6.07, 6.45) is 3.08. The zero-order valence-electron chi connectivity index (χ0n) is 14.4. The van der Waals surface area contributed by atoms with E-state index in [0.717, 1.165) is 32.0 Å². The van der Waals surface area contributed by atoms with Crippen LogP contribution in [0, 0.1) is 5.82 Å². The van der Waals surface area contributed by atoms with Gasteiger partial charge in [0.15, 0.2) is 5.96 Å². The standard InChI is InChI=1S/C18H28FN3O2/c1-2-20-18(21-10-9-15-6-3-4-8-17(15)19)22-11-13-23-14-16-7-5-12-24-16/h3-4,6,8,16H,2,5,7,9-14H2,1H3,(H2,20,21,22). The summed E-state index contributed by atoms with van der Waals surface area (Å²) in [5.41, 5.74) is 0.709. The number of hydrogen-bond donors (Lipinski definition) is 2. The molecule has 1 aliphatic rings. The fraction of sp³-hybridized carbons (Fsp3) is 0.611. The van der Waals surface area contributed by atoms with Crippen LogP contribution in [0.5, 0.6) is 0 Å². The van der Waals surface area contributed by atoms with Gasteiger partial charge in [-0.3, -0.25) is 4.99 Å². The number of nitrogens with zero attached hydrogens (tertiary/aromatic N) is 1. The smallest absolute Gasteiger partial charge is 0.191 e. The number of ether oxygens (including phenoxy) is 2. The van der Waals surface area contributed by atoms with Gasteiger partial charge >= 0.3 is 0 Å². The summed E-state index contributed by atoms with van der Waals surface area (Å²) in [6, 6.07) is 6.84. The van der Waals surface area contributed by atoms with E-state index in [-0.39, 0.29) is 11.9 Å². The van der Waals surface area contributed by atoms with Gasteiger partial charge in [-0.15, -0.1) is 0 Å². The number of guanidine groups is 1. The maximum Gasteiger partial charge on any atom is 0.191 e. The lowest BCUT2D eigenvalue weighted by Gasteiger charge is -2.12. The van der Waals surface area contributed by atoms with Crippen molar-refractivity contribution in [2.75, 3.05) is 39.5 Å². The van der Waals surface area contributed by atoms with Crippen LogP contribution in [-0.2, 0) is 15.9 Å². The van der Waals surface area contributed by atoms with Crippen LogP contribution in [0.4, 0.5) is 4.39 Å². The summed E-state index contributed by atoms with van der Waals surface area (Å²) in [4.78, 5) is 4.47. The molecule has 1 unspecified atom stereocenters. The van der Waals surface area contributed by atoms with Gasteiger partial charge in [-0.1, -0.05) is 18.2 Å². The van der Waals surface area contributed by atoms with Crippen LogP contribution in [0.25, 0.3) is 0 Å². The van der Waals surface area contributed by atoms with Crippen LogP contribution in [0.1, 0.15) is 25.3 Å². The highest BCUT2D eigenvalue weighted by atomic mass is 19.1. The highest BCUT2D eigenvalue weighted by molar-refractivity contribution is 5.79. The average Bonchev–Trinajstić information content (AvgIpc) is 3.09. The molecule has 1 aliphatic heterocycles. The Hall–Kier alpha value is -1.66. The molecule has 5 nitrogen and oxygen atoms in total. The molecule has 1 aromatic rings. The van der Waals surface area contributed by atoms with E-state index >= 15 is 0 Å². The van der Waals surface area contributed by atoms with Gasteiger partial charge in [-0.05, 0) is 37.8 Å². The minimum Gasteiger partial charge on any atom is -0.377 e. The monoisotopic (exact) mass is 337 g/mol. The number of nitrogens with one attached hydrogen (secondary N) is 2. The summed E-state index contributed by atoms with van der Waals surface area (Å²) in [5.74, 6) is 0.568. The SMILES string of the molecule is CCNC(=NCCOCC1CCCO1)NCCc1ccccc1F.